The van der Waals surface area contributed by atoms with E-state index in [2.05, 4.69) is 12.1 Å². The Bertz CT molecular complexity index is 258. The summed E-state index contributed by atoms with van der Waals surface area (Å²) in [4.78, 5) is 0. The standard InChI is InChI=1S/C11H17NOS/c1-9(12)7-14-8-11-4-2-10(6-13)3-5-11/h2-5,9,13H,6-8,12H2,1H3. The molecule has 0 aromatic heterocycles. The van der Waals surface area contributed by atoms with Crippen LogP contribution in [0.1, 0.15) is 18.1 Å². The minimum Gasteiger partial charge on any atom is -0.392 e. The van der Waals surface area contributed by atoms with Crippen LogP contribution in [0.4, 0.5) is 0 Å². The quantitative estimate of drug-likeness (QED) is 0.780. The van der Waals surface area contributed by atoms with Crippen LogP contribution in [0.15, 0.2) is 24.3 Å². The van der Waals surface area contributed by atoms with Gasteiger partial charge in [0.1, 0.15) is 0 Å². The number of benzene rings is 1. The first kappa shape index (κ1) is 11.6. The van der Waals surface area contributed by atoms with Gasteiger partial charge in [0.2, 0.25) is 0 Å². The first-order chi connectivity index (χ1) is 6.72. The van der Waals surface area contributed by atoms with Crippen molar-refractivity contribution in [2.45, 2.75) is 25.3 Å². The van der Waals surface area contributed by atoms with E-state index in [1.165, 1.54) is 5.56 Å². The number of nitrogens with two attached hydrogens (primary N) is 1. The van der Waals surface area contributed by atoms with E-state index in [0.29, 0.717) is 0 Å². The van der Waals surface area contributed by atoms with Crippen LogP contribution < -0.4 is 5.73 Å². The summed E-state index contributed by atoms with van der Waals surface area (Å²) < 4.78 is 0. The van der Waals surface area contributed by atoms with Crippen molar-refractivity contribution in [3.05, 3.63) is 35.4 Å². The highest BCUT2D eigenvalue weighted by atomic mass is 32.2. The Morgan fingerprint density at radius 2 is 1.86 bits per heavy atom. The predicted molar refractivity (Wildman–Crippen MR) is 62.2 cm³/mol. The zero-order chi connectivity index (χ0) is 10.4. The first-order valence-electron chi connectivity index (χ1n) is 4.74. The van der Waals surface area contributed by atoms with Gasteiger partial charge in [-0.2, -0.15) is 11.8 Å². The van der Waals surface area contributed by atoms with Crippen molar-refractivity contribution in [3.63, 3.8) is 0 Å². The van der Waals surface area contributed by atoms with Gasteiger partial charge in [0, 0.05) is 17.5 Å². The highest BCUT2D eigenvalue weighted by molar-refractivity contribution is 7.98. The minimum absolute atomic E-state index is 0.118. The molecule has 0 fully saturated rings. The van der Waals surface area contributed by atoms with Crippen LogP contribution in [-0.4, -0.2) is 16.9 Å². The van der Waals surface area contributed by atoms with Gasteiger partial charge in [-0.3, -0.25) is 0 Å². The monoisotopic (exact) mass is 211 g/mol. The highest BCUT2D eigenvalue weighted by Crippen LogP contribution is 2.13. The van der Waals surface area contributed by atoms with Crippen molar-refractivity contribution in [2.24, 2.45) is 5.73 Å². The molecule has 78 valence electrons. The van der Waals surface area contributed by atoms with Crippen LogP contribution >= 0.6 is 11.8 Å². The Kier molecular flexibility index (Phi) is 5.01. The van der Waals surface area contributed by atoms with Gasteiger partial charge in [-0.05, 0) is 18.1 Å². The fraction of sp³-hybridized carbons (Fsp3) is 0.455. The van der Waals surface area contributed by atoms with Crippen LogP contribution in [0.5, 0.6) is 0 Å². The molecule has 1 rings (SSSR count). The molecule has 1 aromatic rings. The molecule has 0 saturated carbocycles. The molecule has 1 unspecified atom stereocenters. The Balaban J connectivity index is 2.36. The smallest absolute Gasteiger partial charge is 0.0681 e. The van der Waals surface area contributed by atoms with E-state index in [1.54, 1.807) is 0 Å². The Morgan fingerprint density at radius 3 is 2.36 bits per heavy atom. The van der Waals surface area contributed by atoms with Crippen molar-refractivity contribution in [3.8, 4) is 0 Å². The molecule has 0 aliphatic heterocycles. The molecule has 0 spiro atoms. The summed E-state index contributed by atoms with van der Waals surface area (Å²) in [6, 6.07) is 8.29. The lowest BCUT2D eigenvalue weighted by atomic mass is 10.2. The van der Waals surface area contributed by atoms with E-state index in [9.17, 15) is 0 Å². The van der Waals surface area contributed by atoms with Gasteiger partial charge < -0.3 is 10.8 Å². The van der Waals surface area contributed by atoms with Crippen LogP contribution in [0.3, 0.4) is 0 Å². The largest absolute Gasteiger partial charge is 0.392 e. The lowest BCUT2D eigenvalue weighted by molar-refractivity contribution is 0.282. The van der Waals surface area contributed by atoms with E-state index >= 15 is 0 Å². The van der Waals surface area contributed by atoms with Crippen molar-refractivity contribution >= 4 is 11.8 Å². The normalized spacial score (nSPS) is 12.8. The lowest BCUT2D eigenvalue weighted by Crippen LogP contribution is -2.17. The third-order valence-electron chi connectivity index (χ3n) is 1.86. The molecule has 14 heavy (non-hydrogen) atoms. The van der Waals surface area contributed by atoms with Crippen LogP contribution in [0.2, 0.25) is 0 Å². The zero-order valence-electron chi connectivity index (χ0n) is 8.44. The lowest BCUT2D eigenvalue weighted by Gasteiger charge is -2.05. The van der Waals surface area contributed by atoms with E-state index in [4.69, 9.17) is 10.8 Å². The fourth-order valence-corrected chi connectivity index (χ4v) is 2.02. The van der Waals surface area contributed by atoms with Gasteiger partial charge in [-0.25, -0.2) is 0 Å². The van der Waals surface area contributed by atoms with E-state index in [-0.39, 0.29) is 12.6 Å². The number of hydrogen-bond donors (Lipinski definition) is 2. The first-order valence-corrected chi connectivity index (χ1v) is 5.90. The summed E-state index contributed by atoms with van der Waals surface area (Å²) in [6.07, 6.45) is 0. The van der Waals surface area contributed by atoms with Crippen LogP contribution in [0, 0.1) is 0 Å². The summed E-state index contributed by atoms with van der Waals surface area (Å²) in [5.41, 5.74) is 7.90. The number of hydrogen-bond acceptors (Lipinski definition) is 3. The van der Waals surface area contributed by atoms with Gasteiger partial charge in [0.25, 0.3) is 0 Å². The molecule has 1 aromatic carbocycles. The summed E-state index contributed by atoms with van der Waals surface area (Å²) in [5, 5.41) is 8.86. The number of aliphatic hydroxyl groups is 1. The van der Waals surface area contributed by atoms with E-state index < -0.39 is 0 Å². The second-order valence-corrected chi connectivity index (χ2v) is 4.50. The van der Waals surface area contributed by atoms with Gasteiger partial charge in [0.15, 0.2) is 0 Å². The maximum atomic E-state index is 8.86. The predicted octanol–water partition coefficient (Wildman–Crippen LogP) is 1.76. The summed E-state index contributed by atoms with van der Waals surface area (Å²) in [5.74, 6) is 1.98. The molecular formula is C11H17NOS. The molecule has 0 saturated heterocycles. The Morgan fingerprint density at radius 1 is 1.29 bits per heavy atom. The molecule has 2 nitrogen and oxygen atoms in total. The molecule has 0 aliphatic rings. The molecular weight excluding hydrogens is 194 g/mol. The van der Waals surface area contributed by atoms with Crippen molar-refractivity contribution in [2.75, 3.05) is 5.75 Å². The van der Waals surface area contributed by atoms with E-state index in [1.807, 2.05) is 30.8 Å². The van der Waals surface area contributed by atoms with Crippen LogP contribution in [0.25, 0.3) is 0 Å². The van der Waals surface area contributed by atoms with Gasteiger partial charge >= 0.3 is 0 Å². The molecule has 3 N–H and O–H groups in total. The van der Waals surface area contributed by atoms with Crippen LogP contribution in [-0.2, 0) is 12.4 Å². The molecule has 3 heteroatoms. The minimum atomic E-state index is 0.118. The average Bonchev–Trinajstić information content (AvgIpc) is 2.18. The topological polar surface area (TPSA) is 46.2 Å². The SMILES string of the molecule is CC(N)CSCc1ccc(CO)cc1. The number of aliphatic hydroxyl groups excluding tert-OH is 1. The zero-order valence-corrected chi connectivity index (χ0v) is 9.26. The van der Waals surface area contributed by atoms with E-state index in [0.717, 1.165) is 17.1 Å². The maximum Gasteiger partial charge on any atom is 0.0681 e. The molecule has 0 amide bonds. The Hall–Kier alpha value is -0.510. The van der Waals surface area contributed by atoms with Gasteiger partial charge in [-0.15, -0.1) is 0 Å². The van der Waals surface area contributed by atoms with Crippen molar-refractivity contribution in [1.29, 1.82) is 0 Å². The average molecular weight is 211 g/mol. The summed E-state index contributed by atoms with van der Waals surface area (Å²) in [7, 11) is 0. The van der Waals surface area contributed by atoms with Gasteiger partial charge in [-0.1, -0.05) is 24.3 Å². The molecule has 0 heterocycles. The maximum absolute atomic E-state index is 8.86. The van der Waals surface area contributed by atoms with Crippen molar-refractivity contribution in [1.82, 2.24) is 0 Å². The Labute approximate surface area is 89.5 Å². The summed E-state index contributed by atoms with van der Waals surface area (Å²) >= 11 is 1.84. The highest BCUT2D eigenvalue weighted by Gasteiger charge is 1.97. The third kappa shape index (κ3) is 4.13. The van der Waals surface area contributed by atoms with Gasteiger partial charge in [0.05, 0.1) is 6.61 Å². The molecule has 0 radical (unpaired) electrons. The molecule has 1 atom stereocenters. The molecule has 0 bridgehead atoms. The second-order valence-electron chi connectivity index (χ2n) is 3.47. The number of thioether (sulfide) groups is 1. The summed E-state index contributed by atoms with van der Waals surface area (Å²) in [6.45, 7) is 2.13. The second kappa shape index (κ2) is 6.06. The fourth-order valence-electron chi connectivity index (χ4n) is 1.10. The third-order valence-corrected chi connectivity index (χ3v) is 3.15. The molecule has 0 aliphatic carbocycles. The number of rotatable bonds is 5. The van der Waals surface area contributed by atoms with Crippen molar-refractivity contribution < 1.29 is 5.11 Å².